The van der Waals surface area contributed by atoms with Crippen LogP contribution in [0.2, 0.25) is 5.02 Å². The fourth-order valence-corrected chi connectivity index (χ4v) is 3.73. The van der Waals surface area contributed by atoms with Gasteiger partial charge in [-0.05, 0) is 37.3 Å². The summed E-state index contributed by atoms with van der Waals surface area (Å²) < 4.78 is 18.7. The van der Waals surface area contributed by atoms with Crippen molar-refractivity contribution in [1.29, 1.82) is 0 Å². The molecular formula is C22H23ClFN5O2. The van der Waals surface area contributed by atoms with Gasteiger partial charge >= 0.3 is 0 Å². The van der Waals surface area contributed by atoms with Gasteiger partial charge in [-0.3, -0.25) is 14.6 Å². The van der Waals surface area contributed by atoms with E-state index in [4.69, 9.17) is 16.1 Å². The van der Waals surface area contributed by atoms with Crippen molar-refractivity contribution < 1.29 is 13.7 Å². The predicted octanol–water partition coefficient (Wildman–Crippen LogP) is 3.67. The molecule has 0 spiro atoms. The first-order chi connectivity index (χ1) is 15.0. The van der Waals surface area contributed by atoms with E-state index in [0.29, 0.717) is 29.0 Å². The van der Waals surface area contributed by atoms with E-state index in [9.17, 15) is 9.18 Å². The number of carbonyl (C=O) groups is 1. The Bertz CT molecular complexity index is 1050. The lowest BCUT2D eigenvalue weighted by atomic mass is 10.2. The van der Waals surface area contributed by atoms with Crippen LogP contribution in [-0.4, -0.2) is 58.1 Å². The predicted molar refractivity (Wildman–Crippen MR) is 116 cm³/mol. The van der Waals surface area contributed by atoms with Crippen molar-refractivity contribution in [3.63, 3.8) is 0 Å². The number of hydrogen-bond donors (Lipinski definition) is 1. The molecule has 1 unspecified atom stereocenters. The summed E-state index contributed by atoms with van der Waals surface area (Å²) in [5.41, 5.74) is 1.27. The molecule has 162 valence electrons. The number of carbonyl (C=O) groups excluding carboxylic acids is 1. The highest BCUT2D eigenvalue weighted by atomic mass is 35.5. The Morgan fingerprint density at radius 2 is 1.97 bits per heavy atom. The Balaban J connectivity index is 1.28. The van der Waals surface area contributed by atoms with Gasteiger partial charge < -0.3 is 9.84 Å². The second-order valence-electron chi connectivity index (χ2n) is 7.51. The molecule has 1 saturated heterocycles. The minimum absolute atomic E-state index is 0.151. The molecule has 31 heavy (non-hydrogen) atoms. The van der Waals surface area contributed by atoms with Crippen molar-refractivity contribution in [2.45, 2.75) is 19.5 Å². The maximum absolute atomic E-state index is 13.3. The Hall–Kier alpha value is -2.81. The van der Waals surface area contributed by atoms with E-state index in [1.165, 1.54) is 12.1 Å². The number of hydrogen-bond acceptors (Lipinski definition) is 6. The van der Waals surface area contributed by atoms with Gasteiger partial charge in [-0.2, -0.15) is 4.98 Å². The molecule has 3 aromatic rings. The van der Waals surface area contributed by atoms with Crippen LogP contribution in [0.3, 0.4) is 0 Å². The molecule has 1 fully saturated rings. The second kappa shape index (κ2) is 9.55. The summed E-state index contributed by atoms with van der Waals surface area (Å²) in [7, 11) is 0. The van der Waals surface area contributed by atoms with Gasteiger partial charge in [0, 0.05) is 42.5 Å². The zero-order valence-electron chi connectivity index (χ0n) is 17.1. The fraction of sp³-hybridized carbons (Fsp3) is 0.318. The van der Waals surface area contributed by atoms with Crippen molar-refractivity contribution >= 4 is 23.2 Å². The summed E-state index contributed by atoms with van der Waals surface area (Å²) in [6, 6.07) is 12.9. The summed E-state index contributed by atoms with van der Waals surface area (Å²) in [6.45, 7) is 5.41. The lowest BCUT2D eigenvalue weighted by molar-refractivity contribution is -0.121. The van der Waals surface area contributed by atoms with Crippen LogP contribution in [0.25, 0.3) is 11.4 Å². The highest BCUT2D eigenvalue weighted by Gasteiger charge is 2.26. The molecule has 1 aliphatic rings. The third-order valence-corrected chi connectivity index (χ3v) is 5.57. The van der Waals surface area contributed by atoms with E-state index in [1.54, 1.807) is 24.3 Å². The van der Waals surface area contributed by atoms with E-state index < -0.39 is 0 Å². The summed E-state index contributed by atoms with van der Waals surface area (Å²) >= 11 is 6.03. The van der Waals surface area contributed by atoms with Crippen molar-refractivity contribution in [3.05, 3.63) is 65.3 Å². The van der Waals surface area contributed by atoms with Crippen molar-refractivity contribution in [1.82, 2.24) is 19.9 Å². The van der Waals surface area contributed by atoms with Crippen LogP contribution >= 0.6 is 11.6 Å². The SMILES string of the molecule is CC(C(=O)Nc1cccc(F)c1)N1CCN(Cc2nc(-c3cccc(Cl)c3)no2)CC1. The smallest absolute Gasteiger partial charge is 0.241 e. The van der Waals surface area contributed by atoms with Gasteiger partial charge in [0.05, 0.1) is 12.6 Å². The summed E-state index contributed by atoms with van der Waals surface area (Å²) in [6.07, 6.45) is 0. The van der Waals surface area contributed by atoms with Crippen LogP contribution < -0.4 is 5.32 Å². The zero-order valence-corrected chi connectivity index (χ0v) is 17.8. The molecule has 1 aromatic heterocycles. The third kappa shape index (κ3) is 5.46. The molecular weight excluding hydrogens is 421 g/mol. The van der Waals surface area contributed by atoms with Crippen LogP contribution in [0.4, 0.5) is 10.1 Å². The number of benzene rings is 2. The fourth-order valence-electron chi connectivity index (χ4n) is 3.54. The number of amides is 1. The number of rotatable bonds is 6. The molecule has 1 N–H and O–H groups in total. The van der Waals surface area contributed by atoms with E-state index in [0.717, 1.165) is 31.7 Å². The number of anilines is 1. The summed E-state index contributed by atoms with van der Waals surface area (Å²) in [5.74, 6) is 0.528. The number of piperazine rings is 1. The third-order valence-electron chi connectivity index (χ3n) is 5.34. The molecule has 2 aromatic carbocycles. The van der Waals surface area contributed by atoms with Gasteiger partial charge in [0.25, 0.3) is 0 Å². The average molecular weight is 444 g/mol. The molecule has 1 aliphatic heterocycles. The molecule has 1 atom stereocenters. The number of halogens is 2. The van der Waals surface area contributed by atoms with Gasteiger partial charge in [-0.1, -0.05) is 35.0 Å². The summed E-state index contributed by atoms with van der Waals surface area (Å²) in [4.78, 5) is 21.3. The van der Waals surface area contributed by atoms with E-state index in [2.05, 4.69) is 25.3 Å². The number of nitrogens with one attached hydrogen (secondary N) is 1. The highest BCUT2D eigenvalue weighted by Crippen LogP contribution is 2.20. The highest BCUT2D eigenvalue weighted by molar-refractivity contribution is 6.30. The quantitative estimate of drug-likeness (QED) is 0.626. The second-order valence-corrected chi connectivity index (χ2v) is 7.95. The normalized spacial score (nSPS) is 16.2. The molecule has 0 radical (unpaired) electrons. The van der Waals surface area contributed by atoms with Gasteiger partial charge in [0.2, 0.25) is 17.6 Å². The Kier molecular flexibility index (Phi) is 6.60. The standard InChI is InChI=1S/C22H23ClFN5O2/c1-15(22(30)25-19-7-3-6-18(24)13-19)29-10-8-28(9-11-29)14-20-26-21(27-31-20)16-4-2-5-17(23)12-16/h2-7,12-13,15H,8-11,14H2,1H3,(H,25,30). The van der Waals surface area contributed by atoms with Crippen LogP contribution in [-0.2, 0) is 11.3 Å². The number of nitrogens with zero attached hydrogens (tertiary/aromatic N) is 4. The molecule has 7 nitrogen and oxygen atoms in total. The van der Waals surface area contributed by atoms with Crippen molar-refractivity contribution in [2.24, 2.45) is 0 Å². The van der Waals surface area contributed by atoms with Gasteiger partial charge in [0.1, 0.15) is 5.82 Å². The maximum Gasteiger partial charge on any atom is 0.241 e. The topological polar surface area (TPSA) is 74.5 Å². The first kappa shape index (κ1) is 21.4. The van der Waals surface area contributed by atoms with Gasteiger partial charge in [-0.15, -0.1) is 0 Å². The number of aromatic nitrogens is 2. The van der Waals surface area contributed by atoms with Crippen molar-refractivity contribution in [3.8, 4) is 11.4 Å². The molecule has 1 amide bonds. The van der Waals surface area contributed by atoms with E-state index in [-0.39, 0.29) is 17.8 Å². The minimum atomic E-state index is -0.376. The monoisotopic (exact) mass is 443 g/mol. The molecule has 2 heterocycles. The largest absolute Gasteiger partial charge is 0.338 e. The lowest BCUT2D eigenvalue weighted by Crippen LogP contribution is -2.52. The lowest BCUT2D eigenvalue weighted by Gasteiger charge is -2.36. The van der Waals surface area contributed by atoms with Crippen LogP contribution in [0, 0.1) is 5.82 Å². The first-order valence-corrected chi connectivity index (χ1v) is 10.5. The van der Waals surface area contributed by atoms with Gasteiger partial charge in [-0.25, -0.2) is 4.39 Å². The summed E-state index contributed by atoms with van der Waals surface area (Å²) in [5, 5.41) is 7.44. The Morgan fingerprint density at radius 3 is 2.71 bits per heavy atom. The molecule has 4 rings (SSSR count). The van der Waals surface area contributed by atoms with Crippen LogP contribution in [0.5, 0.6) is 0 Å². The molecule has 0 saturated carbocycles. The van der Waals surface area contributed by atoms with Crippen LogP contribution in [0.1, 0.15) is 12.8 Å². The van der Waals surface area contributed by atoms with E-state index >= 15 is 0 Å². The van der Waals surface area contributed by atoms with E-state index in [1.807, 2.05) is 19.1 Å². The molecule has 9 heteroatoms. The molecule has 0 aliphatic carbocycles. The Labute approximate surface area is 184 Å². The van der Waals surface area contributed by atoms with Crippen molar-refractivity contribution in [2.75, 3.05) is 31.5 Å². The van der Waals surface area contributed by atoms with Gasteiger partial charge in [0.15, 0.2) is 0 Å². The zero-order chi connectivity index (χ0) is 21.8. The average Bonchev–Trinajstić information content (AvgIpc) is 3.22. The first-order valence-electron chi connectivity index (χ1n) is 10.1. The Morgan fingerprint density at radius 1 is 1.19 bits per heavy atom. The van der Waals surface area contributed by atoms with Crippen LogP contribution in [0.15, 0.2) is 53.1 Å². The molecule has 0 bridgehead atoms. The minimum Gasteiger partial charge on any atom is -0.338 e. The maximum atomic E-state index is 13.3.